The fraction of sp³-hybridized carbons (Fsp3) is 0.538. The molecule has 3 nitrogen and oxygen atoms in total. The van der Waals surface area contributed by atoms with E-state index in [1.807, 2.05) is 33.8 Å². The fourth-order valence-corrected chi connectivity index (χ4v) is 1.74. The molecular weight excluding hydrogens is 204 g/mol. The van der Waals surface area contributed by atoms with Gasteiger partial charge in [-0.05, 0) is 44.9 Å². The average Bonchev–Trinajstić information content (AvgIpc) is 2.28. The molecule has 0 aliphatic rings. The third-order valence-electron chi connectivity index (χ3n) is 2.60. The molecule has 0 heterocycles. The molecule has 0 radical (unpaired) electrons. The van der Waals surface area contributed by atoms with Crippen LogP contribution in [-0.4, -0.2) is 18.3 Å². The van der Waals surface area contributed by atoms with Crippen LogP contribution < -0.4 is 9.47 Å². The first-order valence-corrected chi connectivity index (χ1v) is 5.65. The molecule has 0 spiro atoms. The number of benzene rings is 1. The fourth-order valence-electron chi connectivity index (χ4n) is 1.74. The molecule has 1 aromatic carbocycles. The van der Waals surface area contributed by atoms with Crippen LogP contribution in [0.2, 0.25) is 0 Å². The lowest BCUT2D eigenvalue weighted by Crippen LogP contribution is -2.03. The number of aliphatic hydroxyl groups is 1. The van der Waals surface area contributed by atoms with Gasteiger partial charge in [0.15, 0.2) is 0 Å². The Morgan fingerprint density at radius 1 is 1.06 bits per heavy atom. The van der Waals surface area contributed by atoms with Crippen molar-refractivity contribution in [2.45, 2.75) is 34.3 Å². The lowest BCUT2D eigenvalue weighted by atomic mass is 10.0. The number of aliphatic hydroxyl groups excluding tert-OH is 1. The summed E-state index contributed by atoms with van der Waals surface area (Å²) in [5, 5.41) is 9.28. The van der Waals surface area contributed by atoms with Crippen molar-refractivity contribution in [3.05, 3.63) is 22.8 Å². The Labute approximate surface area is 97.0 Å². The molecule has 0 saturated carbocycles. The van der Waals surface area contributed by atoms with Crippen LogP contribution in [0.3, 0.4) is 0 Å². The quantitative estimate of drug-likeness (QED) is 0.835. The Bertz CT molecular complexity index is 359. The van der Waals surface area contributed by atoms with Gasteiger partial charge in [0.1, 0.15) is 11.5 Å². The number of hydrogen-bond donors (Lipinski definition) is 1. The van der Waals surface area contributed by atoms with Crippen LogP contribution in [0.15, 0.2) is 6.07 Å². The Kier molecular flexibility index (Phi) is 4.62. The first kappa shape index (κ1) is 12.8. The lowest BCUT2D eigenvalue weighted by Gasteiger charge is -2.17. The van der Waals surface area contributed by atoms with E-state index in [4.69, 9.17) is 9.47 Å². The van der Waals surface area contributed by atoms with Crippen molar-refractivity contribution in [1.82, 2.24) is 0 Å². The third kappa shape index (κ3) is 2.47. The molecule has 0 saturated heterocycles. The van der Waals surface area contributed by atoms with Crippen molar-refractivity contribution in [3.8, 4) is 11.5 Å². The predicted molar refractivity (Wildman–Crippen MR) is 64.2 cm³/mol. The van der Waals surface area contributed by atoms with E-state index in [1.165, 1.54) is 0 Å². The van der Waals surface area contributed by atoms with Crippen molar-refractivity contribution in [2.75, 3.05) is 13.2 Å². The van der Waals surface area contributed by atoms with Gasteiger partial charge < -0.3 is 14.6 Å². The highest BCUT2D eigenvalue weighted by molar-refractivity contribution is 5.52. The van der Waals surface area contributed by atoms with Gasteiger partial charge in [0, 0.05) is 5.56 Å². The molecule has 1 aromatic rings. The van der Waals surface area contributed by atoms with Crippen LogP contribution in [0.25, 0.3) is 0 Å². The van der Waals surface area contributed by atoms with Gasteiger partial charge in [-0.15, -0.1) is 0 Å². The van der Waals surface area contributed by atoms with Crippen molar-refractivity contribution in [2.24, 2.45) is 0 Å². The maximum Gasteiger partial charge on any atom is 0.129 e. The van der Waals surface area contributed by atoms with Gasteiger partial charge >= 0.3 is 0 Å². The summed E-state index contributed by atoms with van der Waals surface area (Å²) in [6, 6.07) is 1.89. The van der Waals surface area contributed by atoms with Gasteiger partial charge in [0.25, 0.3) is 0 Å². The average molecular weight is 224 g/mol. The number of hydrogen-bond acceptors (Lipinski definition) is 3. The zero-order chi connectivity index (χ0) is 12.1. The van der Waals surface area contributed by atoms with E-state index >= 15 is 0 Å². The van der Waals surface area contributed by atoms with E-state index in [0.717, 1.165) is 28.2 Å². The molecule has 0 amide bonds. The summed E-state index contributed by atoms with van der Waals surface area (Å²) < 4.78 is 11.1. The molecule has 0 unspecified atom stereocenters. The highest BCUT2D eigenvalue weighted by Crippen LogP contribution is 2.34. The Morgan fingerprint density at radius 3 is 2.19 bits per heavy atom. The largest absolute Gasteiger partial charge is 0.493 e. The number of rotatable bonds is 5. The highest BCUT2D eigenvalue weighted by atomic mass is 16.5. The standard InChI is InChI=1S/C13H20O3/c1-5-15-12-7-11(8-14)9(3)13(10(12)4)16-6-2/h7,14H,5-6,8H2,1-4H3. The molecule has 0 fully saturated rings. The Hall–Kier alpha value is -1.22. The van der Waals surface area contributed by atoms with Crippen LogP contribution >= 0.6 is 0 Å². The zero-order valence-electron chi connectivity index (χ0n) is 10.5. The minimum Gasteiger partial charge on any atom is -0.493 e. The van der Waals surface area contributed by atoms with E-state index < -0.39 is 0 Å². The van der Waals surface area contributed by atoms with Crippen molar-refractivity contribution < 1.29 is 14.6 Å². The lowest BCUT2D eigenvalue weighted by molar-refractivity contribution is 0.275. The maximum atomic E-state index is 9.28. The van der Waals surface area contributed by atoms with Gasteiger partial charge in [-0.25, -0.2) is 0 Å². The zero-order valence-corrected chi connectivity index (χ0v) is 10.5. The molecule has 90 valence electrons. The van der Waals surface area contributed by atoms with E-state index in [-0.39, 0.29) is 6.61 Å². The van der Waals surface area contributed by atoms with Crippen LogP contribution in [0.5, 0.6) is 11.5 Å². The Balaban J connectivity index is 3.26. The molecule has 0 aromatic heterocycles. The van der Waals surface area contributed by atoms with Crippen LogP contribution in [0.4, 0.5) is 0 Å². The summed E-state index contributed by atoms with van der Waals surface area (Å²) >= 11 is 0. The summed E-state index contributed by atoms with van der Waals surface area (Å²) in [5.74, 6) is 1.62. The molecule has 1 N–H and O–H groups in total. The molecular formula is C13H20O3. The summed E-state index contributed by atoms with van der Waals surface area (Å²) in [4.78, 5) is 0. The second kappa shape index (κ2) is 5.75. The minimum absolute atomic E-state index is 0.00621. The topological polar surface area (TPSA) is 38.7 Å². The van der Waals surface area contributed by atoms with E-state index in [9.17, 15) is 5.11 Å². The Morgan fingerprint density at radius 2 is 1.69 bits per heavy atom. The van der Waals surface area contributed by atoms with Crippen LogP contribution in [-0.2, 0) is 6.61 Å². The smallest absolute Gasteiger partial charge is 0.129 e. The number of ether oxygens (including phenoxy) is 2. The third-order valence-corrected chi connectivity index (χ3v) is 2.60. The van der Waals surface area contributed by atoms with Gasteiger partial charge in [0.2, 0.25) is 0 Å². The minimum atomic E-state index is 0.00621. The molecule has 0 aliphatic heterocycles. The highest BCUT2D eigenvalue weighted by Gasteiger charge is 2.13. The second-order valence-electron chi connectivity index (χ2n) is 3.64. The molecule has 3 heteroatoms. The van der Waals surface area contributed by atoms with Crippen LogP contribution in [0.1, 0.15) is 30.5 Å². The first-order valence-electron chi connectivity index (χ1n) is 5.65. The maximum absolute atomic E-state index is 9.28. The van der Waals surface area contributed by atoms with Gasteiger partial charge in [-0.2, -0.15) is 0 Å². The monoisotopic (exact) mass is 224 g/mol. The van der Waals surface area contributed by atoms with Gasteiger partial charge in [-0.3, -0.25) is 0 Å². The van der Waals surface area contributed by atoms with E-state index in [1.54, 1.807) is 0 Å². The van der Waals surface area contributed by atoms with E-state index in [0.29, 0.717) is 13.2 Å². The SMILES string of the molecule is CCOc1cc(CO)c(C)c(OCC)c1C. The normalized spacial score (nSPS) is 10.3. The molecule has 16 heavy (non-hydrogen) atoms. The van der Waals surface area contributed by atoms with E-state index in [2.05, 4.69) is 0 Å². The summed E-state index contributed by atoms with van der Waals surface area (Å²) in [6.07, 6.45) is 0. The predicted octanol–water partition coefficient (Wildman–Crippen LogP) is 2.59. The molecule has 0 atom stereocenters. The summed E-state index contributed by atoms with van der Waals surface area (Å²) in [6.45, 7) is 9.06. The second-order valence-corrected chi connectivity index (χ2v) is 3.64. The molecule has 0 bridgehead atoms. The van der Waals surface area contributed by atoms with Crippen molar-refractivity contribution in [1.29, 1.82) is 0 Å². The van der Waals surface area contributed by atoms with Crippen molar-refractivity contribution >= 4 is 0 Å². The molecule has 0 aliphatic carbocycles. The van der Waals surface area contributed by atoms with Gasteiger partial charge in [0.05, 0.1) is 19.8 Å². The van der Waals surface area contributed by atoms with Gasteiger partial charge in [-0.1, -0.05) is 0 Å². The summed E-state index contributed by atoms with van der Waals surface area (Å²) in [5.41, 5.74) is 2.85. The van der Waals surface area contributed by atoms with Crippen molar-refractivity contribution in [3.63, 3.8) is 0 Å². The summed E-state index contributed by atoms with van der Waals surface area (Å²) in [7, 11) is 0. The van der Waals surface area contributed by atoms with Crippen LogP contribution in [0, 0.1) is 13.8 Å². The first-order chi connectivity index (χ1) is 7.65. The molecule has 1 rings (SSSR count).